The van der Waals surface area contributed by atoms with Gasteiger partial charge >= 0.3 is 5.69 Å². The van der Waals surface area contributed by atoms with Crippen LogP contribution in [-0.4, -0.2) is 27.0 Å². The van der Waals surface area contributed by atoms with E-state index in [2.05, 4.69) is 15.3 Å². The molecule has 0 spiro atoms. The Kier molecular flexibility index (Phi) is 4.95. The summed E-state index contributed by atoms with van der Waals surface area (Å²) in [7, 11) is 0. The largest absolute Gasteiger partial charge is 0.352 e. The molecule has 0 saturated heterocycles. The Hall–Kier alpha value is -2.64. The number of carbonyl (C=O) groups excluding carboxylic acids is 1. The van der Waals surface area contributed by atoms with Crippen LogP contribution in [0.4, 0.5) is 0 Å². The van der Waals surface area contributed by atoms with E-state index in [1.165, 1.54) is 16.8 Å². The molecule has 1 amide bonds. The van der Waals surface area contributed by atoms with Crippen LogP contribution in [0, 0.1) is 0 Å². The normalized spacial score (nSPS) is 13.6. The number of fused-ring (bicyclic) bond motifs is 1. The predicted octanol–water partition coefficient (Wildman–Crippen LogP) is 2.70. The fourth-order valence-electron chi connectivity index (χ4n) is 3.09. The fraction of sp³-hybridized carbons (Fsp3) is 0.263. The summed E-state index contributed by atoms with van der Waals surface area (Å²) in [5, 5.41) is 3.93. The molecule has 3 aromatic rings. The van der Waals surface area contributed by atoms with Gasteiger partial charge in [0.2, 0.25) is 0 Å². The molecule has 2 N–H and O–H groups in total. The van der Waals surface area contributed by atoms with Crippen LogP contribution in [0.5, 0.6) is 0 Å². The van der Waals surface area contributed by atoms with E-state index in [-0.39, 0.29) is 22.9 Å². The Bertz CT molecular complexity index is 1200. The third kappa shape index (κ3) is 3.55. The maximum absolute atomic E-state index is 12.4. The van der Waals surface area contributed by atoms with E-state index in [9.17, 15) is 14.4 Å². The molecule has 2 heterocycles. The molecule has 0 bridgehead atoms. The summed E-state index contributed by atoms with van der Waals surface area (Å²) in [4.78, 5) is 43.2. The second-order valence-electron chi connectivity index (χ2n) is 6.67. The Morgan fingerprint density at radius 1 is 1.29 bits per heavy atom. The van der Waals surface area contributed by atoms with Gasteiger partial charge in [0, 0.05) is 18.8 Å². The van der Waals surface area contributed by atoms with E-state index in [1.54, 1.807) is 12.1 Å². The minimum Gasteiger partial charge on any atom is -0.352 e. The molecule has 1 aliphatic rings. The van der Waals surface area contributed by atoms with E-state index >= 15 is 0 Å². The van der Waals surface area contributed by atoms with Crippen molar-refractivity contribution < 1.29 is 4.79 Å². The van der Waals surface area contributed by atoms with Gasteiger partial charge in [0.25, 0.3) is 11.5 Å². The van der Waals surface area contributed by atoms with Gasteiger partial charge in [-0.1, -0.05) is 35.3 Å². The first-order valence-electron chi connectivity index (χ1n) is 8.81. The molecule has 4 rings (SSSR count). The lowest BCUT2D eigenvalue weighted by Gasteiger charge is -2.10. The Morgan fingerprint density at radius 2 is 2.07 bits per heavy atom. The van der Waals surface area contributed by atoms with Crippen molar-refractivity contribution in [2.24, 2.45) is 0 Å². The van der Waals surface area contributed by atoms with Crippen molar-refractivity contribution in [3.63, 3.8) is 0 Å². The summed E-state index contributed by atoms with van der Waals surface area (Å²) < 4.78 is 1.49. The number of nitrogens with zero attached hydrogens (tertiary/aromatic N) is 2. The summed E-state index contributed by atoms with van der Waals surface area (Å²) in [6.07, 6.45) is 3.63. The number of benzene rings is 1. The average molecular weight is 419 g/mol. The molecule has 1 fully saturated rings. The van der Waals surface area contributed by atoms with Crippen LogP contribution in [0.2, 0.25) is 10.0 Å². The molecule has 2 aromatic heterocycles. The lowest BCUT2D eigenvalue weighted by Crippen LogP contribution is -2.31. The number of rotatable bonds is 5. The lowest BCUT2D eigenvalue weighted by atomic mass is 10.1. The van der Waals surface area contributed by atoms with Gasteiger partial charge in [-0.3, -0.25) is 19.1 Å². The maximum atomic E-state index is 12.4. The molecular formula is C19H16Cl2N4O3. The van der Waals surface area contributed by atoms with Crippen LogP contribution in [-0.2, 0) is 6.42 Å². The topological polar surface area (TPSA) is 96.8 Å². The van der Waals surface area contributed by atoms with E-state index in [1.807, 2.05) is 6.07 Å². The van der Waals surface area contributed by atoms with E-state index < -0.39 is 11.2 Å². The van der Waals surface area contributed by atoms with E-state index in [4.69, 9.17) is 23.2 Å². The number of hydrogen-bond acceptors (Lipinski definition) is 4. The van der Waals surface area contributed by atoms with Crippen LogP contribution in [0.15, 0.2) is 40.1 Å². The monoisotopic (exact) mass is 418 g/mol. The van der Waals surface area contributed by atoms with Crippen molar-refractivity contribution in [1.29, 1.82) is 0 Å². The second-order valence-corrected chi connectivity index (χ2v) is 7.46. The quantitative estimate of drug-likeness (QED) is 0.665. The minimum atomic E-state index is -0.551. The van der Waals surface area contributed by atoms with Crippen LogP contribution in [0.1, 0.15) is 34.8 Å². The van der Waals surface area contributed by atoms with Crippen LogP contribution in [0.25, 0.3) is 11.0 Å². The highest BCUT2D eigenvalue weighted by Gasteiger charge is 2.27. The summed E-state index contributed by atoms with van der Waals surface area (Å²) in [5.41, 5.74) is 0.360. The van der Waals surface area contributed by atoms with Crippen molar-refractivity contribution in [1.82, 2.24) is 19.9 Å². The summed E-state index contributed by atoms with van der Waals surface area (Å²) in [5.74, 6) is -0.365. The number of amides is 1. The van der Waals surface area contributed by atoms with Gasteiger partial charge in [-0.05, 0) is 37.0 Å². The number of H-pyrrole nitrogens is 1. The number of carbonyl (C=O) groups is 1. The first-order chi connectivity index (χ1) is 13.5. The lowest BCUT2D eigenvalue weighted by molar-refractivity contribution is 0.0954. The second kappa shape index (κ2) is 7.41. The predicted molar refractivity (Wildman–Crippen MR) is 107 cm³/mol. The molecule has 1 aromatic carbocycles. The zero-order valence-electron chi connectivity index (χ0n) is 14.7. The van der Waals surface area contributed by atoms with Crippen molar-refractivity contribution in [2.75, 3.05) is 6.54 Å². The number of pyridine rings is 1. The van der Waals surface area contributed by atoms with Gasteiger partial charge in [-0.15, -0.1) is 0 Å². The van der Waals surface area contributed by atoms with Gasteiger partial charge in [0.15, 0.2) is 0 Å². The van der Waals surface area contributed by atoms with Gasteiger partial charge in [0.05, 0.1) is 21.0 Å². The van der Waals surface area contributed by atoms with Crippen molar-refractivity contribution in [3.8, 4) is 0 Å². The van der Waals surface area contributed by atoms with E-state index in [0.717, 1.165) is 18.4 Å². The number of halogens is 2. The number of hydrogen-bond donors (Lipinski definition) is 2. The maximum Gasteiger partial charge on any atom is 0.330 e. The SMILES string of the molecule is O=C(NCCc1cccc(Cl)c1Cl)c1cnc2c(c1)c(=O)[nH]c(=O)n2C1CC1. The highest BCUT2D eigenvalue weighted by Crippen LogP contribution is 2.34. The summed E-state index contributed by atoms with van der Waals surface area (Å²) in [6.45, 7) is 0.342. The fourth-order valence-corrected chi connectivity index (χ4v) is 3.50. The van der Waals surface area contributed by atoms with Crippen LogP contribution < -0.4 is 16.6 Å². The molecule has 144 valence electrons. The molecule has 0 unspecified atom stereocenters. The number of aromatic amines is 1. The van der Waals surface area contributed by atoms with Gasteiger partial charge in [0.1, 0.15) is 5.65 Å². The first-order valence-corrected chi connectivity index (χ1v) is 9.57. The minimum absolute atomic E-state index is 0.0569. The zero-order chi connectivity index (χ0) is 19.8. The average Bonchev–Trinajstić information content (AvgIpc) is 3.50. The third-order valence-corrected chi connectivity index (χ3v) is 5.52. The molecule has 1 saturated carbocycles. The summed E-state index contributed by atoms with van der Waals surface area (Å²) in [6, 6.07) is 6.85. The molecule has 0 radical (unpaired) electrons. The molecule has 1 aliphatic carbocycles. The number of nitrogens with one attached hydrogen (secondary N) is 2. The van der Waals surface area contributed by atoms with Gasteiger partial charge in [-0.25, -0.2) is 9.78 Å². The smallest absolute Gasteiger partial charge is 0.330 e. The summed E-state index contributed by atoms with van der Waals surface area (Å²) >= 11 is 12.1. The van der Waals surface area contributed by atoms with Crippen LogP contribution >= 0.6 is 23.2 Å². The molecule has 7 nitrogen and oxygen atoms in total. The van der Waals surface area contributed by atoms with Crippen molar-refractivity contribution in [3.05, 3.63) is 72.5 Å². The molecule has 0 aliphatic heterocycles. The third-order valence-electron chi connectivity index (χ3n) is 4.66. The van der Waals surface area contributed by atoms with Gasteiger partial charge in [-0.2, -0.15) is 0 Å². The molecule has 28 heavy (non-hydrogen) atoms. The Morgan fingerprint density at radius 3 is 2.82 bits per heavy atom. The van der Waals surface area contributed by atoms with E-state index in [0.29, 0.717) is 28.7 Å². The zero-order valence-corrected chi connectivity index (χ0v) is 16.2. The Balaban J connectivity index is 1.54. The first kappa shape index (κ1) is 18.7. The van der Waals surface area contributed by atoms with Gasteiger partial charge < -0.3 is 5.32 Å². The standard InChI is InChI=1S/C19H16Cl2N4O3/c20-14-3-1-2-10(15(14)21)6-7-22-17(26)11-8-13-16(23-9-11)25(12-4-5-12)19(28)24-18(13)27/h1-3,8-9,12H,4-7H2,(H,22,26)(H,24,27,28). The Labute approximate surface area is 169 Å². The molecule has 0 atom stereocenters. The highest BCUT2D eigenvalue weighted by molar-refractivity contribution is 6.42. The van der Waals surface area contributed by atoms with Crippen molar-refractivity contribution >= 4 is 40.1 Å². The van der Waals surface area contributed by atoms with Crippen LogP contribution in [0.3, 0.4) is 0 Å². The van der Waals surface area contributed by atoms with Crippen molar-refractivity contribution in [2.45, 2.75) is 25.3 Å². The highest BCUT2D eigenvalue weighted by atomic mass is 35.5. The molecule has 9 heteroatoms. The number of aromatic nitrogens is 3. The molecular weight excluding hydrogens is 403 g/mol.